The molecule has 0 saturated carbocycles. The van der Waals surface area contributed by atoms with Crippen molar-refractivity contribution < 1.29 is 14.3 Å². The normalized spacial score (nSPS) is 10.3. The predicted molar refractivity (Wildman–Crippen MR) is 101 cm³/mol. The number of rotatable bonds is 7. The molecular formula is C18H25N5O3. The van der Waals surface area contributed by atoms with Gasteiger partial charge in [-0.25, -0.2) is 0 Å². The molecule has 140 valence electrons. The maximum atomic E-state index is 12.2. The van der Waals surface area contributed by atoms with Crippen molar-refractivity contribution in [3.63, 3.8) is 0 Å². The first-order valence-electron chi connectivity index (χ1n) is 8.34. The predicted octanol–water partition coefficient (Wildman–Crippen LogP) is 1.88. The number of nitrogens with zero attached hydrogens (tertiary/aromatic N) is 3. The molecule has 0 bridgehead atoms. The quantitative estimate of drug-likeness (QED) is 0.788. The van der Waals surface area contributed by atoms with Gasteiger partial charge in [0.15, 0.2) is 0 Å². The van der Waals surface area contributed by atoms with E-state index in [0.717, 1.165) is 5.69 Å². The molecule has 0 unspecified atom stereocenters. The van der Waals surface area contributed by atoms with Gasteiger partial charge in [-0.2, -0.15) is 5.10 Å². The van der Waals surface area contributed by atoms with Crippen LogP contribution in [-0.4, -0.2) is 53.7 Å². The van der Waals surface area contributed by atoms with E-state index in [1.807, 2.05) is 13.8 Å². The summed E-state index contributed by atoms with van der Waals surface area (Å²) in [7, 11) is 5.14. The second-order valence-electron chi connectivity index (χ2n) is 6.04. The van der Waals surface area contributed by atoms with Gasteiger partial charge in [0.2, 0.25) is 5.91 Å². The van der Waals surface area contributed by atoms with Crippen LogP contribution in [0.25, 0.3) is 0 Å². The molecule has 26 heavy (non-hydrogen) atoms. The number of aryl methyl sites for hydroxylation is 2. The van der Waals surface area contributed by atoms with Crippen molar-refractivity contribution in [1.29, 1.82) is 0 Å². The first-order valence-corrected chi connectivity index (χ1v) is 8.34. The van der Waals surface area contributed by atoms with E-state index in [2.05, 4.69) is 15.7 Å². The molecular weight excluding hydrogens is 334 g/mol. The van der Waals surface area contributed by atoms with Crippen LogP contribution in [0.2, 0.25) is 0 Å². The molecule has 0 atom stereocenters. The van der Waals surface area contributed by atoms with Crippen molar-refractivity contribution >= 4 is 23.3 Å². The van der Waals surface area contributed by atoms with Gasteiger partial charge < -0.3 is 20.3 Å². The lowest BCUT2D eigenvalue weighted by molar-refractivity contribution is -0.114. The lowest BCUT2D eigenvalue weighted by Crippen LogP contribution is -2.24. The van der Waals surface area contributed by atoms with E-state index in [1.54, 1.807) is 50.1 Å². The molecule has 2 rings (SSSR count). The third-order valence-electron chi connectivity index (χ3n) is 3.64. The number of aromatic nitrogens is 2. The van der Waals surface area contributed by atoms with Crippen molar-refractivity contribution in [2.24, 2.45) is 7.05 Å². The number of nitrogens with one attached hydrogen (secondary N) is 2. The Bertz CT molecular complexity index is 798. The van der Waals surface area contributed by atoms with Gasteiger partial charge in [-0.15, -0.1) is 0 Å². The Morgan fingerprint density at radius 2 is 2.00 bits per heavy atom. The Kier molecular flexibility index (Phi) is 6.21. The molecule has 0 spiro atoms. The molecule has 1 aromatic heterocycles. The SMILES string of the molecule is CCOc1ccc(C(=O)N(C)C)cc1NCC(=O)Nc1cc(C)nn1C. The van der Waals surface area contributed by atoms with Gasteiger partial charge in [0.25, 0.3) is 5.91 Å². The molecule has 1 aromatic carbocycles. The first-order chi connectivity index (χ1) is 12.3. The molecule has 8 heteroatoms. The van der Waals surface area contributed by atoms with Crippen LogP contribution in [0.5, 0.6) is 5.75 Å². The largest absolute Gasteiger partial charge is 0.492 e. The van der Waals surface area contributed by atoms with E-state index < -0.39 is 0 Å². The minimum absolute atomic E-state index is 0.0317. The van der Waals surface area contributed by atoms with E-state index in [-0.39, 0.29) is 18.4 Å². The Hall–Kier alpha value is -3.03. The van der Waals surface area contributed by atoms with Crippen molar-refractivity contribution in [2.75, 3.05) is 37.9 Å². The first kappa shape index (κ1) is 19.3. The van der Waals surface area contributed by atoms with Gasteiger partial charge in [0, 0.05) is 32.8 Å². The fourth-order valence-electron chi connectivity index (χ4n) is 2.43. The summed E-state index contributed by atoms with van der Waals surface area (Å²) < 4.78 is 7.18. The summed E-state index contributed by atoms with van der Waals surface area (Å²) in [5.74, 6) is 0.869. The van der Waals surface area contributed by atoms with Gasteiger partial charge >= 0.3 is 0 Å². The third-order valence-corrected chi connectivity index (χ3v) is 3.64. The zero-order valence-corrected chi connectivity index (χ0v) is 15.8. The summed E-state index contributed by atoms with van der Waals surface area (Å²) in [6.45, 7) is 4.25. The Morgan fingerprint density at radius 1 is 1.27 bits per heavy atom. The molecule has 0 aliphatic heterocycles. The molecule has 2 N–H and O–H groups in total. The van der Waals surface area contributed by atoms with Crippen LogP contribution < -0.4 is 15.4 Å². The van der Waals surface area contributed by atoms with Crippen molar-refractivity contribution in [3.05, 3.63) is 35.5 Å². The number of carbonyl (C=O) groups excluding carboxylic acids is 2. The molecule has 0 radical (unpaired) electrons. The maximum Gasteiger partial charge on any atom is 0.253 e. The number of benzene rings is 1. The van der Waals surface area contributed by atoms with E-state index in [9.17, 15) is 9.59 Å². The number of ether oxygens (including phenoxy) is 1. The van der Waals surface area contributed by atoms with Crippen LogP contribution in [0, 0.1) is 6.92 Å². The average Bonchev–Trinajstić information content (AvgIpc) is 2.90. The summed E-state index contributed by atoms with van der Waals surface area (Å²) in [5, 5.41) is 10.0. The van der Waals surface area contributed by atoms with E-state index in [1.165, 1.54) is 4.90 Å². The molecule has 0 aliphatic carbocycles. The highest BCUT2D eigenvalue weighted by Crippen LogP contribution is 2.26. The molecule has 0 saturated heterocycles. The number of amides is 2. The number of carbonyl (C=O) groups is 2. The zero-order chi connectivity index (χ0) is 19.3. The molecule has 8 nitrogen and oxygen atoms in total. The third kappa shape index (κ3) is 4.75. The van der Waals surface area contributed by atoms with E-state index >= 15 is 0 Å². The minimum Gasteiger partial charge on any atom is -0.492 e. The standard InChI is InChI=1S/C18H25N5O3/c1-6-26-15-8-7-13(18(25)22(3)4)10-14(15)19-11-17(24)20-16-9-12(2)21-23(16)5/h7-10,19H,6,11H2,1-5H3,(H,20,24). The highest BCUT2D eigenvalue weighted by Gasteiger charge is 2.13. The van der Waals surface area contributed by atoms with Crippen LogP contribution in [-0.2, 0) is 11.8 Å². The van der Waals surface area contributed by atoms with Crippen molar-refractivity contribution in [2.45, 2.75) is 13.8 Å². The summed E-state index contributed by atoms with van der Waals surface area (Å²) in [4.78, 5) is 25.9. The lowest BCUT2D eigenvalue weighted by atomic mass is 10.1. The minimum atomic E-state index is -0.222. The summed E-state index contributed by atoms with van der Waals surface area (Å²) in [5.41, 5.74) is 1.93. The second-order valence-corrected chi connectivity index (χ2v) is 6.04. The molecule has 2 aromatic rings. The van der Waals surface area contributed by atoms with Gasteiger partial charge in [-0.3, -0.25) is 14.3 Å². The van der Waals surface area contributed by atoms with Gasteiger partial charge in [-0.05, 0) is 32.0 Å². The summed E-state index contributed by atoms with van der Waals surface area (Å²) in [6.07, 6.45) is 0. The second kappa shape index (κ2) is 8.37. The van der Waals surface area contributed by atoms with Gasteiger partial charge in [0.1, 0.15) is 11.6 Å². The van der Waals surface area contributed by atoms with Crippen LogP contribution >= 0.6 is 0 Å². The van der Waals surface area contributed by atoms with Crippen LogP contribution in [0.15, 0.2) is 24.3 Å². The topological polar surface area (TPSA) is 88.5 Å². The smallest absolute Gasteiger partial charge is 0.253 e. The fraction of sp³-hybridized carbons (Fsp3) is 0.389. The Morgan fingerprint density at radius 3 is 2.58 bits per heavy atom. The molecule has 2 amide bonds. The van der Waals surface area contributed by atoms with Crippen molar-refractivity contribution in [1.82, 2.24) is 14.7 Å². The monoisotopic (exact) mass is 359 g/mol. The van der Waals surface area contributed by atoms with Crippen molar-refractivity contribution in [3.8, 4) is 5.75 Å². The zero-order valence-electron chi connectivity index (χ0n) is 15.8. The van der Waals surface area contributed by atoms with Crippen LogP contribution in [0.3, 0.4) is 0 Å². The van der Waals surface area contributed by atoms with E-state index in [4.69, 9.17) is 4.74 Å². The Labute approximate surface area is 153 Å². The van der Waals surface area contributed by atoms with Crippen LogP contribution in [0.4, 0.5) is 11.5 Å². The molecule has 1 heterocycles. The average molecular weight is 359 g/mol. The lowest BCUT2D eigenvalue weighted by Gasteiger charge is -2.15. The molecule has 0 fully saturated rings. The van der Waals surface area contributed by atoms with Gasteiger partial charge in [0.05, 0.1) is 24.5 Å². The Balaban J connectivity index is 2.10. The van der Waals surface area contributed by atoms with E-state index in [0.29, 0.717) is 29.4 Å². The fourth-order valence-corrected chi connectivity index (χ4v) is 2.43. The van der Waals surface area contributed by atoms with Gasteiger partial charge in [-0.1, -0.05) is 0 Å². The van der Waals surface area contributed by atoms with Crippen LogP contribution in [0.1, 0.15) is 23.0 Å². The summed E-state index contributed by atoms with van der Waals surface area (Å²) in [6, 6.07) is 6.91. The number of anilines is 2. The maximum absolute atomic E-state index is 12.2. The number of hydrogen-bond donors (Lipinski definition) is 2. The number of hydrogen-bond acceptors (Lipinski definition) is 5. The highest BCUT2D eigenvalue weighted by atomic mass is 16.5. The summed E-state index contributed by atoms with van der Waals surface area (Å²) >= 11 is 0. The molecule has 0 aliphatic rings. The highest BCUT2D eigenvalue weighted by molar-refractivity contribution is 5.96.